The molecule has 1 aliphatic carbocycles. The Hall–Kier alpha value is -1.46. The van der Waals surface area contributed by atoms with E-state index in [1.807, 2.05) is 6.92 Å². The first kappa shape index (κ1) is 26.2. The van der Waals surface area contributed by atoms with Gasteiger partial charge in [-0.25, -0.2) is 0 Å². The number of benzene rings is 2. The Bertz CT molecular complexity index is 972. The molecule has 1 atom stereocenters. The molecule has 0 saturated heterocycles. The van der Waals surface area contributed by atoms with Crippen molar-refractivity contribution in [3.8, 4) is 0 Å². The predicted octanol–water partition coefficient (Wildman–Crippen LogP) is 7.10. The van der Waals surface area contributed by atoms with Crippen LogP contribution in [0.5, 0.6) is 0 Å². The lowest BCUT2D eigenvalue weighted by molar-refractivity contribution is -0.141. The summed E-state index contributed by atoms with van der Waals surface area (Å²) < 4.78 is 0. The zero-order valence-corrected chi connectivity index (χ0v) is 21.6. The number of carbonyl (C=O) groups excluding carboxylic acids is 2. The summed E-state index contributed by atoms with van der Waals surface area (Å²) >= 11 is 25.1. The van der Waals surface area contributed by atoms with E-state index in [0.717, 1.165) is 25.7 Å². The van der Waals surface area contributed by atoms with Crippen LogP contribution < -0.4 is 5.32 Å². The van der Waals surface area contributed by atoms with Crippen LogP contribution in [0.25, 0.3) is 0 Å². The molecule has 8 heteroatoms. The molecule has 0 aliphatic heterocycles. The third-order valence-electron chi connectivity index (χ3n) is 6.08. The van der Waals surface area contributed by atoms with Gasteiger partial charge in [-0.1, -0.05) is 84.7 Å². The van der Waals surface area contributed by atoms with E-state index < -0.39 is 6.04 Å². The molecular weight excluding hydrogens is 502 g/mol. The number of carbonyl (C=O) groups is 2. The van der Waals surface area contributed by atoms with E-state index in [1.165, 1.54) is 6.42 Å². The zero-order chi connectivity index (χ0) is 24.0. The van der Waals surface area contributed by atoms with Crippen LogP contribution in [-0.2, 0) is 22.6 Å². The number of hydrogen-bond acceptors (Lipinski definition) is 2. The van der Waals surface area contributed by atoms with Gasteiger partial charge in [-0.2, -0.15) is 0 Å². The minimum absolute atomic E-state index is 0.0330. The van der Waals surface area contributed by atoms with Crippen molar-refractivity contribution in [1.29, 1.82) is 0 Å². The standard InChI is InChI=1S/C25H28Cl4N2O2/c1-2-23(25(33)30-18-7-4-3-5-8-18)31(15-19-20(27)9-6-10-21(19)28)24(32)13-16-11-12-17(26)14-22(16)29/h6,9-12,14,18,23H,2-5,7-8,13,15H2,1H3,(H,30,33)/t23-/m0/s1. The Labute approximate surface area is 215 Å². The fraction of sp³-hybridized carbons (Fsp3) is 0.440. The van der Waals surface area contributed by atoms with Crippen LogP contribution in [0.4, 0.5) is 0 Å². The average Bonchev–Trinajstić information content (AvgIpc) is 2.78. The highest BCUT2D eigenvalue weighted by Crippen LogP contribution is 2.28. The molecule has 4 nitrogen and oxygen atoms in total. The Morgan fingerprint density at radius 3 is 2.27 bits per heavy atom. The summed E-state index contributed by atoms with van der Waals surface area (Å²) in [5, 5.41) is 4.97. The normalized spacial score (nSPS) is 15.2. The molecular formula is C25H28Cl4N2O2. The quantitative estimate of drug-likeness (QED) is 0.396. The molecule has 1 saturated carbocycles. The highest BCUT2D eigenvalue weighted by molar-refractivity contribution is 6.36. The van der Waals surface area contributed by atoms with Gasteiger partial charge in [-0.3, -0.25) is 9.59 Å². The fourth-order valence-electron chi connectivity index (χ4n) is 4.25. The van der Waals surface area contributed by atoms with Gasteiger partial charge >= 0.3 is 0 Å². The largest absolute Gasteiger partial charge is 0.352 e. The van der Waals surface area contributed by atoms with Crippen molar-refractivity contribution >= 4 is 58.2 Å². The van der Waals surface area contributed by atoms with Gasteiger partial charge in [0.25, 0.3) is 0 Å². The number of nitrogens with one attached hydrogen (secondary N) is 1. The minimum Gasteiger partial charge on any atom is -0.352 e. The molecule has 3 rings (SSSR count). The van der Waals surface area contributed by atoms with E-state index in [-0.39, 0.29) is 30.8 Å². The first-order valence-electron chi connectivity index (χ1n) is 11.3. The van der Waals surface area contributed by atoms with Crippen molar-refractivity contribution in [3.05, 3.63) is 67.6 Å². The fourth-order valence-corrected chi connectivity index (χ4v) is 5.24. The molecule has 0 unspecified atom stereocenters. The topological polar surface area (TPSA) is 49.4 Å². The molecule has 2 aromatic carbocycles. The van der Waals surface area contributed by atoms with Crippen molar-refractivity contribution in [3.63, 3.8) is 0 Å². The van der Waals surface area contributed by atoms with Crippen LogP contribution in [0, 0.1) is 0 Å². The zero-order valence-electron chi connectivity index (χ0n) is 18.6. The van der Waals surface area contributed by atoms with E-state index in [0.29, 0.717) is 37.6 Å². The van der Waals surface area contributed by atoms with Gasteiger partial charge < -0.3 is 10.2 Å². The Kier molecular flexibility index (Phi) is 9.75. The van der Waals surface area contributed by atoms with E-state index in [1.54, 1.807) is 41.3 Å². The van der Waals surface area contributed by atoms with Gasteiger partial charge in [0.15, 0.2) is 0 Å². The summed E-state index contributed by atoms with van der Waals surface area (Å²) in [6.45, 7) is 2.02. The summed E-state index contributed by atoms with van der Waals surface area (Å²) in [6, 6.07) is 9.72. The van der Waals surface area contributed by atoms with E-state index in [9.17, 15) is 9.59 Å². The van der Waals surface area contributed by atoms with Crippen molar-refractivity contribution in [2.75, 3.05) is 0 Å². The molecule has 1 fully saturated rings. The van der Waals surface area contributed by atoms with Crippen LogP contribution in [0.2, 0.25) is 20.1 Å². The van der Waals surface area contributed by atoms with Gasteiger partial charge in [-0.05, 0) is 49.1 Å². The maximum Gasteiger partial charge on any atom is 0.243 e. The first-order valence-corrected chi connectivity index (χ1v) is 12.8. The number of hydrogen-bond donors (Lipinski definition) is 1. The average molecular weight is 530 g/mol. The lowest BCUT2D eigenvalue weighted by atomic mass is 9.95. The molecule has 178 valence electrons. The molecule has 33 heavy (non-hydrogen) atoms. The lowest BCUT2D eigenvalue weighted by Crippen LogP contribution is -2.52. The second kappa shape index (κ2) is 12.3. The Balaban J connectivity index is 1.88. The molecule has 0 aromatic heterocycles. The summed E-state index contributed by atoms with van der Waals surface area (Å²) in [4.78, 5) is 28.4. The van der Waals surface area contributed by atoms with Crippen LogP contribution in [0.3, 0.4) is 0 Å². The van der Waals surface area contributed by atoms with Gasteiger partial charge in [0.2, 0.25) is 11.8 Å². The minimum atomic E-state index is -0.655. The van der Waals surface area contributed by atoms with Gasteiger partial charge in [0, 0.05) is 38.2 Å². The van der Waals surface area contributed by atoms with E-state index in [2.05, 4.69) is 5.32 Å². The van der Waals surface area contributed by atoms with Gasteiger partial charge in [0.05, 0.1) is 6.42 Å². The molecule has 2 aromatic rings. The summed E-state index contributed by atoms with van der Waals surface area (Å²) in [5.41, 5.74) is 1.25. The van der Waals surface area contributed by atoms with Gasteiger partial charge in [0.1, 0.15) is 6.04 Å². The maximum absolute atomic E-state index is 13.5. The number of nitrogens with zero attached hydrogens (tertiary/aromatic N) is 1. The molecule has 0 heterocycles. The number of amides is 2. The Morgan fingerprint density at radius 2 is 1.67 bits per heavy atom. The first-order chi connectivity index (χ1) is 15.8. The summed E-state index contributed by atoms with van der Waals surface area (Å²) in [6.07, 6.45) is 5.83. The molecule has 1 aliphatic rings. The van der Waals surface area contributed by atoms with Crippen molar-refractivity contribution in [1.82, 2.24) is 10.2 Å². The van der Waals surface area contributed by atoms with E-state index in [4.69, 9.17) is 46.4 Å². The third-order valence-corrected chi connectivity index (χ3v) is 7.38. The van der Waals surface area contributed by atoms with Crippen LogP contribution in [0.1, 0.15) is 56.6 Å². The van der Waals surface area contributed by atoms with E-state index >= 15 is 0 Å². The third kappa shape index (κ3) is 7.02. The van der Waals surface area contributed by atoms with Crippen molar-refractivity contribution in [2.45, 2.75) is 70.5 Å². The molecule has 1 N–H and O–H groups in total. The second-order valence-corrected chi connectivity index (χ2v) is 10.1. The predicted molar refractivity (Wildman–Crippen MR) is 136 cm³/mol. The highest BCUT2D eigenvalue weighted by atomic mass is 35.5. The molecule has 0 spiro atoms. The summed E-state index contributed by atoms with van der Waals surface area (Å²) in [7, 11) is 0. The highest BCUT2D eigenvalue weighted by Gasteiger charge is 2.31. The SMILES string of the molecule is CC[C@@H](C(=O)NC1CCCCC1)N(Cc1c(Cl)cccc1Cl)C(=O)Cc1ccc(Cl)cc1Cl. The van der Waals surface area contributed by atoms with Crippen LogP contribution >= 0.6 is 46.4 Å². The maximum atomic E-state index is 13.5. The Morgan fingerprint density at radius 1 is 1.00 bits per heavy atom. The monoisotopic (exact) mass is 528 g/mol. The molecule has 0 radical (unpaired) electrons. The van der Waals surface area contributed by atoms with Crippen LogP contribution in [-0.4, -0.2) is 28.8 Å². The molecule has 0 bridgehead atoms. The second-order valence-electron chi connectivity index (χ2n) is 8.40. The number of rotatable bonds is 8. The summed E-state index contributed by atoms with van der Waals surface area (Å²) in [5.74, 6) is -0.385. The smallest absolute Gasteiger partial charge is 0.243 e. The van der Waals surface area contributed by atoms with Crippen molar-refractivity contribution < 1.29 is 9.59 Å². The molecule has 2 amide bonds. The lowest BCUT2D eigenvalue weighted by Gasteiger charge is -2.33. The van der Waals surface area contributed by atoms with Crippen LogP contribution in [0.15, 0.2) is 36.4 Å². The number of halogens is 4. The van der Waals surface area contributed by atoms with Crippen molar-refractivity contribution in [2.24, 2.45) is 0 Å². The van der Waals surface area contributed by atoms with Gasteiger partial charge in [-0.15, -0.1) is 0 Å².